The molecule has 4 nitrogen and oxygen atoms in total. The van der Waals surface area contributed by atoms with E-state index in [1.54, 1.807) is 6.92 Å². The number of rotatable bonds is 6. The summed E-state index contributed by atoms with van der Waals surface area (Å²) in [5, 5.41) is 4.05. The molecule has 21 heavy (non-hydrogen) atoms. The molecule has 2 rings (SSSR count). The van der Waals surface area contributed by atoms with Gasteiger partial charge >= 0.3 is 5.97 Å². The first-order valence-electron chi connectivity index (χ1n) is 7.04. The molecule has 1 aromatic heterocycles. The van der Waals surface area contributed by atoms with Crippen LogP contribution in [0.3, 0.4) is 0 Å². The van der Waals surface area contributed by atoms with Crippen LogP contribution in [0.5, 0.6) is 0 Å². The van der Waals surface area contributed by atoms with Crippen molar-refractivity contribution in [2.75, 3.05) is 18.5 Å². The largest absolute Gasteiger partial charge is 0.461 e. The molecule has 2 aromatic rings. The van der Waals surface area contributed by atoms with Gasteiger partial charge in [-0.1, -0.05) is 24.3 Å². The van der Waals surface area contributed by atoms with E-state index in [4.69, 9.17) is 4.74 Å². The van der Waals surface area contributed by atoms with Crippen LogP contribution >= 0.6 is 11.3 Å². The van der Waals surface area contributed by atoms with Gasteiger partial charge in [0.1, 0.15) is 0 Å². The number of esters is 1. The zero-order valence-electron chi connectivity index (χ0n) is 12.6. The summed E-state index contributed by atoms with van der Waals surface area (Å²) in [7, 11) is 0. The highest BCUT2D eigenvalue weighted by atomic mass is 32.1. The van der Waals surface area contributed by atoms with Crippen LogP contribution in [-0.2, 0) is 11.2 Å². The van der Waals surface area contributed by atoms with Gasteiger partial charge < -0.3 is 10.1 Å². The van der Waals surface area contributed by atoms with Crippen LogP contribution in [0.1, 0.15) is 33.4 Å². The summed E-state index contributed by atoms with van der Waals surface area (Å²) in [6, 6.07) is 8.34. The van der Waals surface area contributed by atoms with E-state index < -0.39 is 0 Å². The third kappa shape index (κ3) is 4.04. The van der Waals surface area contributed by atoms with Crippen molar-refractivity contribution in [3.63, 3.8) is 0 Å². The van der Waals surface area contributed by atoms with Crippen molar-refractivity contribution in [2.24, 2.45) is 0 Å². The number of hydrogen-bond donors (Lipinski definition) is 1. The fraction of sp³-hybridized carbons (Fsp3) is 0.375. The molecular weight excluding hydrogens is 284 g/mol. The Morgan fingerprint density at radius 2 is 2.10 bits per heavy atom. The van der Waals surface area contributed by atoms with Crippen LogP contribution in [0.4, 0.5) is 5.13 Å². The second-order valence-corrected chi connectivity index (χ2v) is 5.95. The van der Waals surface area contributed by atoms with E-state index in [2.05, 4.69) is 35.4 Å². The first-order chi connectivity index (χ1) is 10.1. The molecule has 112 valence electrons. The second kappa shape index (κ2) is 7.22. The summed E-state index contributed by atoms with van der Waals surface area (Å²) >= 11 is 1.48. The fourth-order valence-corrected chi connectivity index (χ4v) is 2.88. The van der Waals surface area contributed by atoms with Gasteiger partial charge in [-0.05, 0) is 38.3 Å². The van der Waals surface area contributed by atoms with Crippen LogP contribution in [0.25, 0.3) is 0 Å². The minimum Gasteiger partial charge on any atom is -0.461 e. The zero-order chi connectivity index (χ0) is 15.2. The van der Waals surface area contributed by atoms with Gasteiger partial charge in [0.05, 0.1) is 6.61 Å². The summed E-state index contributed by atoms with van der Waals surface area (Å²) in [4.78, 5) is 16.9. The van der Waals surface area contributed by atoms with Crippen LogP contribution in [0.2, 0.25) is 0 Å². The third-order valence-corrected chi connectivity index (χ3v) is 4.13. The van der Waals surface area contributed by atoms with Gasteiger partial charge in [-0.25, -0.2) is 9.78 Å². The maximum atomic E-state index is 11.7. The smallest absolute Gasteiger partial charge is 0.358 e. The minimum absolute atomic E-state index is 0.349. The molecule has 0 saturated heterocycles. The molecule has 0 bridgehead atoms. The molecule has 1 aromatic carbocycles. The molecule has 0 atom stereocenters. The number of nitrogens with zero attached hydrogens (tertiary/aromatic N) is 1. The van der Waals surface area contributed by atoms with Gasteiger partial charge in [0.2, 0.25) is 0 Å². The number of carbonyl (C=O) groups excluding carboxylic acids is 1. The van der Waals surface area contributed by atoms with Crippen LogP contribution in [0.15, 0.2) is 24.3 Å². The molecule has 0 amide bonds. The lowest BCUT2D eigenvalue weighted by Gasteiger charge is -2.05. The van der Waals surface area contributed by atoms with E-state index in [1.165, 1.54) is 22.5 Å². The second-order valence-electron chi connectivity index (χ2n) is 4.75. The van der Waals surface area contributed by atoms with Crippen LogP contribution in [-0.4, -0.2) is 24.1 Å². The molecule has 5 heteroatoms. The molecule has 1 N–H and O–H groups in total. The van der Waals surface area contributed by atoms with Gasteiger partial charge in [0.25, 0.3) is 0 Å². The molecule has 0 aliphatic rings. The van der Waals surface area contributed by atoms with Crippen molar-refractivity contribution in [1.82, 2.24) is 4.98 Å². The van der Waals surface area contributed by atoms with Crippen LogP contribution in [0, 0.1) is 13.8 Å². The summed E-state index contributed by atoms with van der Waals surface area (Å²) in [6.07, 6.45) is 0.931. The van der Waals surface area contributed by atoms with E-state index in [0.717, 1.165) is 23.0 Å². The molecule has 1 heterocycles. The summed E-state index contributed by atoms with van der Waals surface area (Å²) in [5.41, 5.74) is 3.03. The van der Waals surface area contributed by atoms with E-state index >= 15 is 0 Å². The van der Waals surface area contributed by atoms with E-state index in [1.807, 2.05) is 13.0 Å². The molecule has 0 aliphatic heterocycles. The first kappa shape index (κ1) is 15.5. The average molecular weight is 304 g/mol. The summed E-state index contributed by atoms with van der Waals surface area (Å²) < 4.78 is 4.99. The number of carbonyl (C=O) groups is 1. The summed E-state index contributed by atoms with van der Waals surface area (Å²) in [6.45, 7) is 6.95. The average Bonchev–Trinajstić information content (AvgIpc) is 2.82. The lowest BCUT2D eigenvalue weighted by Crippen LogP contribution is -2.08. The Hall–Kier alpha value is -1.88. The monoisotopic (exact) mass is 304 g/mol. The van der Waals surface area contributed by atoms with Crippen molar-refractivity contribution in [3.8, 4) is 0 Å². The summed E-state index contributed by atoms with van der Waals surface area (Å²) in [5.74, 6) is -0.349. The van der Waals surface area contributed by atoms with Gasteiger partial charge in [0, 0.05) is 11.4 Å². The standard InChI is InChI=1S/C16H20N2O2S/c1-4-20-15(19)14-12(3)21-16(18-14)17-10-9-13-8-6-5-7-11(13)2/h5-8H,4,9-10H2,1-3H3,(H,17,18). The van der Waals surface area contributed by atoms with E-state index in [0.29, 0.717) is 12.3 Å². The normalized spacial score (nSPS) is 10.4. The molecule has 0 unspecified atom stereocenters. The SMILES string of the molecule is CCOC(=O)c1nc(NCCc2ccccc2C)sc1C. The van der Waals surface area contributed by atoms with Crippen molar-refractivity contribution in [3.05, 3.63) is 46.0 Å². The Morgan fingerprint density at radius 1 is 1.33 bits per heavy atom. The van der Waals surface area contributed by atoms with Gasteiger partial charge in [-0.3, -0.25) is 0 Å². The van der Waals surface area contributed by atoms with E-state index in [-0.39, 0.29) is 5.97 Å². The van der Waals surface area contributed by atoms with Crippen LogP contribution < -0.4 is 5.32 Å². The number of hydrogen-bond acceptors (Lipinski definition) is 5. The Morgan fingerprint density at radius 3 is 2.81 bits per heavy atom. The van der Waals surface area contributed by atoms with Crippen molar-refractivity contribution in [1.29, 1.82) is 0 Å². The highest BCUT2D eigenvalue weighted by Gasteiger charge is 2.16. The number of aromatic nitrogens is 1. The first-order valence-corrected chi connectivity index (χ1v) is 7.86. The molecule has 0 fully saturated rings. The topological polar surface area (TPSA) is 51.2 Å². The maximum absolute atomic E-state index is 11.7. The number of ether oxygens (including phenoxy) is 1. The predicted octanol–water partition coefficient (Wildman–Crippen LogP) is 3.59. The quantitative estimate of drug-likeness (QED) is 0.829. The third-order valence-electron chi connectivity index (χ3n) is 3.20. The fourth-order valence-electron chi connectivity index (χ4n) is 2.06. The van der Waals surface area contributed by atoms with E-state index in [9.17, 15) is 4.79 Å². The number of aryl methyl sites for hydroxylation is 2. The number of benzene rings is 1. The Bertz CT molecular complexity index is 622. The minimum atomic E-state index is -0.349. The highest BCUT2D eigenvalue weighted by Crippen LogP contribution is 2.22. The lowest BCUT2D eigenvalue weighted by molar-refractivity contribution is 0.0519. The number of anilines is 1. The number of thiazole rings is 1. The Labute approximate surface area is 129 Å². The number of nitrogens with one attached hydrogen (secondary N) is 1. The molecule has 0 saturated carbocycles. The molecular formula is C16H20N2O2S. The van der Waals surface area contributed by atoms with Crippen molar-refractivity contribution >= 4 is 22.4 Å². The van der Waals surface area contributed by atoms with Gasteiger partial charge in [0.15, 0.2) is 10.8 Å². The molecule has 0 aliphatic carbocycles. The van der Waals surface area contributed by atoms with Crippen molar-refractivity contribution < 1.29 is 9.53 Å². The molecule has 0 spiro atoms. The van der Waals surface area contributed by atoms with Crippen molar-refractivity contribution in [2.45, 2.75) is 27.2 Å². The van der Waals surface area contributed by atoms with Gasteiger partial charge in [-0.15, -0.1) is 11.3 Å². The Balaban J connectivity index is 1.94. The zero-order valence-corrected chi connectivity index (χ0v) is 13.4. The predicted molar refractivity (Wildman–Crippen MR) is 86.2 cm³/mol. The highest BCUT2D eigenvalue weighted by molar-refractivity contribution is 7.15. The molecule has 0 radical (unpaired) electrons. The lowest BCUT2D eigenvalue weighted by atomic mass is 10.1. The van der Waals surface area contributed by atoms with Gasteiger partial charge in [-0.2, -0.15) is 0 Å². The Kier molecular flexibility index (Phi) is 5.33. The maximum Gasteiger partial charge on any atom is 0.358 e.